The number of rotatable bonds is 12. The quantitative estimate of drug-likeness (QED) is 0.171. The molecule has 3 aromatic heterocycles. The van der Waals surface area contributed by atoms with Gasteiger partial charge in [-0.3, -0.25) is 9.48 Å². The maximum atomic E-state index is 11.9. The van der Waals surface area contributed by atoms with E-state index in [-0.39, 0.29) is 34.6 Å². The summed E-state index contributed by atoms with van der Waals surface area (Å²) in [6.07, 6.45) is 6.53. The molecule has 0 bridgehead atoms. The van der Waals surface area contributed by atoms with Crippen molar-refractivity contribution in [2.75, 3.05) is 44.7 Å². The molecule has 1 fully saturated rings. The number of hydrogen-bond acceptors (Lipinski definition) is 10. The van der Waals surface area contributed by atoms with Gasteiger partial charge in [0.15, 0.2) is 0 Å². The van der Waals surface area contributed by atoms with Crippen LogP contribution in [-0.2, 0) is 22.6 Å². The summed E-state index contributed by atoms with van der Waals surface area (Å²) in [4.78, 5) is 21.5. The van der Waals surface area contributed by atoms with Gasteiger partial charge in [-0.25, -0.2) is 9.97 Å². The van der Waals surface area contributed by atoms with Crippen LogP contribution in [-0.4, -0.2) is 76.9 Å². The van der Waals surface area contributed by atoms with Gasteiger partial charge >= 0.3 is 0 Å². The molecule has 0 radical (unpaired) electrons. The second-order valence-corrected chi connectivity index (χ2v) is 10.5. The molecular formula is C29H31Cl2N7O5. The number of aromatic nitrogens is 4. The van der Waals surface area contributed by atoms with E-state index < -0.39 is 0 Å². The first-order valence-corrected chi connectivity index (χ1v) is 14.1. The summed E-state index contributed by atoms with van der Waals surface area (Å²) >= 11 is 13.5. The number of ether oxygens (including phenoxy) is 3. The van der Waals surface area contributed by atoms with Crippen LogP contribution in [0.3, 0.4) is 0 Å². The smallest absolute Gasteiger partial charge is 0.243 e. The fourth-order valence-electron chi connectivity index (χ4n) is 4.78. The van der Waals surface area contributed by atoms with Gasteiger partial charge in [0.2, 0.25) is 5.91 Å². The van der Waals surface area contributed by atoms with Crippen molar-refractivity contribution in [1.29, 1.82) is 0 Å². The first-order chi connectivity index (χ1) is 20.8. The highest BCUT2D eigenvalue weighted by atomic mass is 35.5. The van der Waals surface area contributed by atoms with Gasteiger partial charge in [0.25, 0.3) is 0 Å². The Morgan fingerprint density at radius 1 is 1.16 bits per heavy atom. The van der Waals surface area contributed by atoms with Gasteiger partial charge in [-0.1, -0.05) is 29.8 Å². The lowest BCUT2D eigenvalue weighted by Crippen LogP contribution is -2.45. The van der Waals surface area contributed by atoms with Crippen molar-refractivity contribution in [2.24, 2.45) is 0 Å². The molecule has 0 aliphatic carbocycles. The van der Waals surface area contributed by atoms with E-state index in [2.05, 4.69) is 32.6 Å². The van der Waals surface area contributed by atoms with Gasteiger partial charge in [-0.05, 0) is 18.2 Å². The Morgan fingerprint density at radius 3 is 2.60 bits per heavy atom. The van der Waals surface area contributed by atoms with Gasteiger partial charge in [0.05, 0.1) is 74.6 Å². The molecule has 1 saturated heterocycles. The minimum atomic E-state index is -0.272. The van der Waals surface area contributed by atoms with Crippen LogP contribution in [0.25, 0.3) is 22.0 Å². The zero-order valence-corrected chi connectivity index (χ0v) is 25.1. The van der Waals surface area contributed by atoms with Crippen LogP contribution in [0.5, 0.6) is 11.5 Å². The maximum Gasteiger partial charge on any atom is 0.243 e. The van der Waals surface area contributed by atoms with Crippen LogP contribution in [0.2, 0.25) is 10.0 Å². The first-order valence-electron chi connectivity index (χ1n) is 13.4. The number of pyridine rings is 2. The summed E-state index contributed by atoms with van der Waals surface area (Å²) in [5.74, 6) is 1.63. The molecular weight excluding hydrogens is 597 g/mol. The normalized spacial score (nSPS) is 16.2. The van der Waals surface area contributed by atoms with Crippen LogP contribution in [0.4, 0.5) is 11.6 Å². The molecule has 0 spiro atoms. The monoisotopic (exact) mass is 627 g/mol. The lowest BCUT2D eigenvalue weighted by molar-refractivity contribution is -0.117. The van der Waals surface area contributed by atoms with Crippen LogP contribution in [0.15, 0.2) is 49.4 Å². The third-order valence-electron chi connectivity index (χ3n) is 6.95. The van der Waals surface area contributed by atoms with Crippen molar-refractivity contribution in [3.63, 3.8) is 0 Å². The SMILES string of the molecule is C=CC(=O)N[C@H]1COC[C@H]1Nc1cc2c(NCc3cnn(CCO)c3)nc(-c3c(Cl)c(OC)cc(OC)c3Cl)cc2cn1. The Bertz CT molecular complexity index is 1620. The largest absolute Gasteiger partial charge is 0.495 e. The fraction of sp³-hybridized carbons (Fsp3) is 0.310. The number of benzene rings is 1. The molecule has 1 aliphatic heterocycles. The summed E-state index contributed by atoms with van der Waals surface area (Å²) in [5.41, 5.74) is 1.83. The molecule has 1 aliphatic rings. The number of nitrogens with zero attached hydrogens (tertiary/aromatic N) is 4. The molecule has 0 unspecified atom stereocenters. The molecule has 14 heteroatoms. The number of anilines is 2. The fourth-order valence-corrected chi connectivity index (χ4v) is 5.47. The Morgan fingerprint density at radius 2 is 1.91 bits per heavy atom. The Kier molecular flexibility index (Phi) is 9.51. The van der Waals surface area contributed by atoms with Gasteiger partial charge in [-0.15, -0.1) is 0 Å². The van der Waals surface area contributed by atoms with E-state index in [0.29, 0.717) is 60.7 Å². The Balaban J connectivity index is 1.55. The topological polar surface area (TPSA) is 145 Å². The molecule has 1 amide bonds. The Hall–Kier alpha value is -4.10. The van der Waals surface area contributed by atoms with E-state index in [9.17, 15) is 9.90 Å². The van der Waals surface area contributed by atoms with Crippen molar-refractivity contribution in [3.8, 4) is 22.8 Å². The molecule has 12 nitrogen and oxygen atoms in total. The minimum Gasteiger partial charge on any atom is -0.495 e. The van der Waals surface area contributed by atoms with Gasteiger partial charge < -0.3 is 35.3 Å². The summed E-state index contributed by atoms with van der Waals surface area (Å²) < 4.78 is 18.2. The Labute approximate surface area is 258 Å². The van der Waals surface area contributed by atoms with E-state index >= 15 is 0 Å². The molecule has 43 heavy (non-hydrogen) atoms. The van der Waals surface area contributed by atoms with Crippen LogP contribution >= 0.6 is 23.2 Å². The predicted octanol–water partition coefficient (Wildman–Crippen LogP) is 3.90. The van der Waals surface area contributed by atoms with E-state index in [4.69, 9.17) is 42.4 Å². The molecule has 226 valence electrons. The summed E-state index contributed by atoms with van der Waals surface area (Å²) in [6, 6.07) is 4.90. The van der Waals surface area contributed by atoms with E-state index in [1.54, 1.807) is 23.1 Å². The lowest BCUT2D eigenvalue weighted by Gasteiger charge is -2.21. The molecule has 4 aromatic rings. The minimum absolute atomic E-state index is 0.0127. The molecule has 5 rings (SSSR count). The molecule has 4 N–H and O–H groups in total. The number of methoxy groups -OCH3 is 2. The van der Waals surface area contributed by atoms with Crippen molar-refractivity contribution in [1.82, 2.24) is 25.1 Å². The highest BCUT2D eigenvalue weighted by Crippen LogP contribution is 2.46. The second kappa shape index (κ2) is 13.5. The lowest BCUT2D eigenvalue weighted by atomic mass is 10.1. The number of aliphatic hydroxyl groups is 1. The average molecular weight is 629 g/mol. The van der Waals surface area contributed by atoms with Crippen molar-refractivity contribution >= 4 is 51.5 Å². The van der Waals surface area contributed by atoms with Crippen LogP contribution < -0.4 is 25.4 Å². The number of halogens is 2. The zero-order chi connectivity index (χ0) is 30.5. The predicted molar refractivity (Wildman–Crippen MR) is 165 cm³/mol. The third kappa shape index (κ3) is 6.62. The zero-order valence-electron chi connectivity index (χ0n) is 23.6. The highest BCUT2D eigenvalue weighted by Gasteiger charge is 2.29. The average Bonchev–Trinajstić information content (AvgIpc) is 3.65. The summed E-state index contributed by atoms with van der Waals surface area (Å²) in [6.45, 7) is 5.07. The van der Waals surface area contributed by atoms with Crippen molar-refractivity contribution < 1.29 is 24.1 Å². The molecule has 2 atom stereocenters. The van der Waals surface area contributed by atoms with E-state index in [1.807, 2.05) is 18.3 Å². The summed E-state index contributed by atoms with van der Waals surface area (Å²) in [5, 5.41) is 25.3. The third-order valence-corrected chi connectivity index (χ3v) is 7.70. The molecule has 0 saturated carbocycles. The first kappa shape index (κ1) is 30.4. The van der Waals surface area contributed by atoms with Crippen LogP contribution in [0.1, 0.15) is 5.56 Å². The number of aliphatic hydroxyl groups excluding tert-OH is 1. The van der Waals surface area contributed by atoms with Gasteiger partial charge in [0, 0.05) is 46.9 Å². The second-order valence-electron chi connectivity index (χ2n) is 9.73. The van der Waals surface area contributed by atoms with Crippen molar-refractivity contribution in [2.45, 2.75) is 25.2 Å². The number of nitrogens with one attached hydrogen (secondary N) is 3. The number of amides is 1. The highest BCUT2D eigenvalue weighted by molar-refractivity contribution is 6.41. The van der Waals surface area contributed by atoms with Crippen LogP contribution in [0, 0.1) is 0 Å². The summed E-state index contributed by atoms with van der Waals surface area (Å²) in [7, 11) is 3.02. The molecule has 1 aromatic carbocycles. The van der Waals surface area contributed by atoms with Gasteiger partial charge in [0.1, 0.15) is 23.1 Å². The standard InChI is InChI=1S/C29H31Cl2N7O5/c1-4-25(40)36-21-15-43-14-20(21)35-24-8-18-17(12-32-24)7-19(26-27(30)22(41-2)9-23(42-3)28(26)31)37-29(18)33-10-16-11-34-38(13-16)5-6-39/h4,7-9,11-13,20-21,39H,1,5-6,10,14-15H2,2-3H3,(H,32,35)(H,33,37)(H,36,40)/t20-,21+/m1/s1. The van der Waals surface area contributed by atoms with E-state index in [1.165, 1.54) is 20.3 Å². The molecule has 4 heterocycles. The van der Waals surface area contributed by atoms with E-state index in [0.717, 1.165) is 16.3 Å². The number of hydrogen-bond donors (Lipinski definition) is 4. The number of carbonyl (C=O) groups is 1. The maximum absolute atomic E-state index is 11.9. The number of carbonyl (C=O) groups excluding carboxylic acids is 1. The van der Waals surface area contributed by atoms with Gasteiger partial charge in [-0.2, -0.15) is 5.10 Å². The number of fused-ring (bicyclic) bond motifs is 1. The van der Waals surface area contributed by atoms with Crippen molar-refractivity contribution in [3.05, 3.63) is 65.1 Å².